The molecule has 1 N–H and O–H groups in total. The average molecular weight is 239 g/mol. The second-order valence-electron chi connectivity index (χ2n) is 3.43. The Bertz CT molecular complexity index is 464. The third kappa shape index (κ3) is 2.07. The van der Waals surface area contributed by atoms with E-state index < -0.39 is 6.10 Å². The van der Waals surface area contributed by atoms with Gasteiger partial charge in [-0.15, -0.1) is 0 Å². The molecule has 0 bridgehead atoms. The van der Waals surface area contributed by atoms with E-state index in [-0.39, 0.29) is 0 Å². The highest BCUT2D eigenvalue weighted by Gasteiger charge is 2.15. The lowest BCUT2D eigenvalue weighted by atomic mass is 10.0. The van der Waals surface area contributed by atoms with Crippen molar-refractivity contribution in [1.29, 1.82) is 0 Å². The van der Waals surface area contributed by atoms with Crippen LogP contribution in [0.3, 0.4) is 0 Å². The van der Waals surface area contributed by atoms with Gasteiger partial charge in [-0.25, -0.2) is 0 Å². The van der Waals surface area contributed by atoms with Gasteiger partial charge in [-0.1, -0.05) is 29.8 Å². The first-order valence-electron chi connectivity index (χ1n) is 4.65. The molecular formula is C12H11ClOS. The Balaban J connectivity index is 2.41. The summed E-state index contributed by atoms with van der Waals surface area (Å²) in [6.07, 6.45) is -0.620. The maximum Gasteiger partial charge on any atom is 0.107 e. The number of thiophene rings is 1. The Morgan fingerprint density at radius 2 is 1.93 bits per heavy atom. The first-order valence-corrected chi connectivity index (χ1v) is 5.97. The van der Waals surface area contributed by atoms with Gasteiger partial charge in [-0.3, -0.25) is 0 Å². The minimum Gasteiger partial charge on any atom is -0.384 e. The molecule has 0 saturated carbocycles. The van der Waals surface area contributed by atoms with Gasteiger partial charge in [0.15, 0.2) is 0 Å². The first-order chi connectivity index (χ1) is 7.20. The Morgan fingerprint density at radius 1 is 1.20 bits per heavy atom. The third-order valence-corrected chi connectivity index (χ3v) is 3.61. The van der Waals surface area contributed by atoms with Crippen LogP contribution in [0, 0.1) is 6.92 Å². The van der Waals surface area contributed by atoms with E-state index in [0.717, 1.165) is 16.7 Å². The molecule has 1 unspecified atom stereocenters. The fraction of sp³-hybridized carbons (Fsp3) is 0.167. The molecule has 78 valence electrons. The number of aliphatic hydroxyl groups is 1. The van der Waals surface area contributed by atoms with Gasteiger partial charge in [0.1, 0.15) is 6.10 Å². The quantitative estimate of drug-likeness (QED) is 0.844. The van der Waals surface area contributed by atoms with Gasteiger partial charge >= 0.3 is 0 Å². The fourth-order valence-corrected chi connectivity index (χ4v) is 2.62. The van der Waals surface area contributed by atoms with Crippen molar-refractivity contribution in [3.63, 3.8) is 0 Å². The van der Waals surface area contributed by atoms with Gasteiger partial charge in [0.2, 0.25) is 0 Å². The Hall–Kier alpha value is -0.830. The molecule has 3 heteroatoms. The maximum absolute atomic E-state index is 10.2. The van der Waals surface area contributed by atoms with E-state index in [9.17, 15) is 5.11 Å². The molecule has 2 rings (SSSR count). The summed E-state index contributed by atoms with van der Waals surface area (Å²) >= 11 is 7.62. The second kappa shape index (κ2) is 4.35. The van der Waals surface area contributed by atoms with Crippen LogP contribution in [0.25, 0.3) is 0 Å². The van der Waals surface area contributed by atoms with Crippen LogP contribution in [-0.2, 0) is 0 Å². The lowest BCUT2D eigenvalue weighted by Gasteiger charge is -2.12. The van der Waals surface area contributed by atoms with Gasteiger partial charge in [-0.2, -0.15) is 11.3 Å². The van der Waals surface area contributed by atoms with E-state index in [0.29, 0.717) is 5.02 Å². The van der Waals surface area contributed by atoms with Crippen LogP contribution in [0.1, 0.15) is 22.8 Å². The van der Waals surface area contributed by atoms with Gasteiger partial charge in [0.25, 0.3) is 0 Å². The number of hydrogen-bond donors (Lipinski definition) is 1. The number of rotatable bonds is 2. The highest BCUT2D eigenvalue weighted by molar-refractivity contribution is 7.08. The van der Waals surface area contributed by atoms with Crippen LogP contribution in [0.2, 0.25) is 5.02 Å². The molecule has 1 heterocycles. The predicted molar refractivity (Wildman–Crippen MR) is 64.6 cm³/mol. The van der Waals surface area contributed by atoms with Crippen LogP contribution in [-0.4, -0.2) is 5.11 Å². The Morgan fingerprint density at radius 3 is 2.53 bits per heavy atom. The topological polar surface area (TPSA) is 20.2 Å². The monoisotopic (exact) mass is 238 g/mol. The number of aryl methyl sites for hydroxylation is 1. The zero-order chi connectivity index (χ0) is 10.8. The molecular weight excluding hydrogens is 228 g/mol. The van der Waals surface area contributed by atoms with Crippen molar-refractivity contribution >= 4 is 22.9 Å². The average Bonchev–Trinajstić information content (AvgIpc) is 2.64. The van der Waals surface area contributed by atoms with Crippen LogP contribution >= 0.6 is 22.9 Å². The zero-order valence-corrected chi connectivity index (χ0v) is 9.85. The molecule has 0 spiro atoms. The fourth-order valence-electron chi connectivity index (χ4n) is 1.51. The third-order valence-electron chi connectivity index (χ3n) is 2.39. The molecule has 1 atom stereocenters. The van der Waals surface area contributed by atoms with Gasteiger partial charge in [0, 0.05) is 10.6 Å². The van der Waals surface area contributed by atoms with Crippen LogP contribution in [0.5, 0.6) is 0 Å². The van der Waals surface area contributed by atoms with Crippen LogP contribution in [0.4, 0.5) is 0 Å². The van der Waals surface area contributed by atoms with Crippen molar-refractivity contribution in [2.45, 2.75) is 13.0 Å². The summed E-state index contributed by atoms with van der Waals surface area (Å²) in [7, 11) is 0. The van der Waals surface area contributed by atoms with Crippen LogP contribution < -0.4 is 0 Å². The van der Waals surface area contributed by atoms with Crippen molar-refractivity contribution < 1.29 is 5.11 Å². The SMILES string of the molecule is Cc1cscc1C(O)c1ccccc1Cl. The normalized spacial score (nSPS) is 12.7. The van der Waals surface area contributed by atoms with Crippen LogP contribution in [0.15, 0.2) is 35.0 Å². The summed E-state index contributed by atoms with van der Waals surface area (Å²) in [4.78, 5) is 0. The van der Waals surface area contributed by atoms with Gasteiger partial charge in [0.05, 0.1) is 0 Å². The molecule has 0 radical (unpaired) electrons. The molecule has 2 aromatic rings. The predicted octanol–water partition coefficient (Wildman–Crippen LogP) is 3.79. The summed E-state index contributed by atoms with van der Waals surface area (Å²) in [5.74, 6) is 0. The molecule has 0 saturated heterocycles. The molecule has 0 aliphatic heterocycles. The maximum atomic E-state index is 10.2. The summed E-state index contributed by atoms with van der Waals surface area (Å²) in [6, 6.07) is 7.39. The van der Waals surface area contributed by atoms with E-state index >= 15 is 0 Å². The highest BCUT2D eigenvalue weighted by atomic mass is 35.5. The van der Waals surface area contributed by atoms with Gasteiger partial charge in [-0.05, 0) is 34.9 Å². The van der Waals surface area contributed by atoms with E-state index in [1.807, 2.05) is 35.9 Å². The standard InChI is InChI=1S/C12H11ClOS/c1-8-6-15-7-10(8)12(14)9-4-2-3-5-11(9)13/h2-7,12,14H,1H3. The highest BCUT2D eigenvalue weighted by Crippen LogP contribution is 2.31. The smallest absolute Gasteiger partial charge is 0.107 e. The largest absolute Gasteiger partial charge is 0.384 e. The molecule has 1 aromatic carbocycles. The summed E-state index contributed by atoms with van der Waals surface area (Å²) in [6.45, 7) is 1.99. The van der Waals surface area contributed by atoms with Crippen molar-refractivity contribution in [3.8, 4) is 0 Å². The Kier molecular flexibility index (Phi) is 3.10. The zero-order valence-electron chi connectivity index (χ0n) is 8.27. The second-order valence-corrected chi connectivity index (χ2v) is 4.58. The first kappa shape index (κ1) is 10.7. The summed E-state index contributed by atoms with van der Waals surface area (Å²) in [5, 5.41) is 14.8. The molecule has 1 nitrogen and oxygen atoms in total. The molecule has 0 amide bonds. The molecule has 15 heavy (non-hydrogen) atoms. The van der Waals surface area contributed by atoms with Crippen molar-refractivity contribution in [1.82, 2.24) is 0 Å². The summed E-state index contributed by atoms with van der Waals surface area (Å²) < 4.78 is 0. The molecule has 0 aliphatic carbocycles. The number of benzene rings is 1. The van der Waals surface area contributed by atoms with E-state index in [1.165, 1.54) is 0 Å². The molecule has 0 aliphatic rings. The van der Waals surface area contributed by atoms with Gasteiger partial charge < -0.3 is 5.11 Å². The lowest BCUT2D eigenvalue weighted by Crippen LogP contribution is -2.00. The lowest BCUT2D eigenvalue weighted by molar-refractivity contribution is 0.220. The van der Waals surface area contributed by atoms with Crippen molar-refractivity contribution in [2.75, 3.05) is 0 Å². The molecule has 0 fully saturated rings. The number of hydrogen-bond acceptors (Lipinski definition) is 2. The van der Waals surface area contributed by atoms with E-state index in [2.05, 4.69) is 0 Å². The minimum absolute atomic E-state index is 0.607. The Labute approximate surface area is 98.0 Å². The van der Waals surface area contributed by atoms with Crippen molar-refractivity contribution in [2.24, 2.45) is 0 Å². The van der Waals surface area contributed by atoms with E-state index in [1.54, 1.807) is 17.4 Å². The minimum atomic E-state index is -0.620. The molecule has 1 aromatic heterocycles. The number of halogens is 1. The van der Waals surface area contributed by atoms with Crippen molar-refractivity contribution in [3.05, 3.63) is 56.7 Å². The number of aliphatic hydroxyl groups excluding tert-OH is 1. The van der Waals surface area contributed by atoms with E-state index in [4.69, 9.17) is 11.6 Å². The summed E-state index contributed by atoms with van der Waals surface area (Å²) in [5.41, 5.74) is 2.81.